The lowest BCUT2D eigenvalue weighted by Gasteiger charge is -2.15. The average molecular weight is 405 g/mol. The fraction of sp³-hybridized carbons (Fsp3) is 0.333. The summed E-state index contributed by atoms with van der Waals surface area (Å²) in [5, 5.41) is 5.55. The molecule has 7 heteroatoms. The van der Waals surface area contributed by atoms with E-state index in [0.717, 1.165) is 6.42 Å². The number of rotatable bonds is 9. The van der Waals surface area contributed by atoms with Crippen LogP contribution in [0.1, 0.15) is 30.6 Å². The lowest BCUT2D eigenvalue weighted by atomic mass is 10.1. The number of carbonyl (C=O) groups is 2. The molecular formula is C21H25ClN2O4. The maximum absolute atomic E-state index is 12.4. The topological polar surface area (TPSA) is 76.7 Å². The minimum absolute atomic E-state index is 0.166. The van der Waals surface area contributed by atoms with Crippen LogP contribution in [0.15, 0.2) is 42.5 Å². The van der Waals surface area contributed by atoms with Gasteiger partial charge in [0.2, 0.25) is 5.91 Å². The van der Waals surface area contributed by atoms with E-state index in [0.29, 0.717) is 29.7 Å². The van der Waals surface area contributed by atoms with Crippen molar-refractivity contribution in [1.82, 2.24) is 5.32 Å². The van der Waals surface area contributed by atoms with E-state index in [4.69, 9.17) is 21.1 Å². The Morgan fingerprint density at radius 3 is 2.50 bits per heavy atom. The Morgan fingerprint density at radius 2 is 1.86 bits per heavy atom. The van der Waals surface area contributed by atoms with E-state index in [2.05, 4.69) is 24.5 Å². The zero-order valence-corrected chi connectivity index (χ0v) is 17.0. The zero-order chi connectivity index (χ0) is 20.5. The summed E-state index contributed by atoms with van der Waals surface area (Å²) in [5.74, 6) is 0.513. The molecule has 0 aromatic heterocycles. The molecule has 0 spiro atoms. The van der Waals surface area contributed by atoms with E-state index in [1.54, 1.807) is 18.2 Å². The highest BCUT2D eigenvalue weighted by Gasteiger charge is 2.16. The molecular weight excluding hydrogens is 380 g/mol. The molecule has 0 saturated carbocycles. The summed E-state index contributed by atoms with van der Waals surface area (Å²) in [6, 6.07) is 12.1. The highest BCUT2D eigenvalue weighted by molar-refractivity contribution is 6.32. The van der Waals surface area contributed by atoms with Gasteiger partial charge in [0.1, 0.15) is 0 Å². The van der Waals surface area contributed by atoms with Crippen molar-refractivity contribution in [3.05, 3.63) is 53.1 Å². The largest absolute Gasteiger partial charge is 0.493 e. The van der Waals surface area contributed by atoms with Crippen molar-refractivity contribution in [2.45, 2.75) is 20.3 Å². The first-order valence-electron chi connectivity index (χ1n) is 9.04. The molecule has 0 atom stereocenters. The molecule has 0 fully saturated rings. The van der Waals surface area contributed by atoms with Crippen LogP contribution in [-0.2, 0) is 4.79 Å². The Morgan fingerprint density at radius 1 is 1.14 bits per heavy atom. The number of para-hydroxylation sites is 1. The number of nitrogens with one attached hydrogen (secondary N) is 2. The van der Waals surface area contributed by atoms with Gasteiger partial charge in [-0.05, 0) is 36.6 Å². The maximum Gasteiger partial charge on any atom is 0.251 e. The van der Waals surface area contributed by atoms with Crippen LogP contribution in [0, 0.1) is 5.92 Å². The van der Waals surface area contributed by atoms with Gasteiger partial charge in [0.05, 0.1) is 25.3 Å². The predicted molar refractivity (Wildman–Crippen MR) is 110 cm³/mol. The summed E-state index contributed by atoms with van der Waals surface area (Å²) in [5.41, 5.74) is 0.944. The third-order valence-electron chi connectivity index (χ3n) is 3.90. The summed E-state index contributed by atoms with van der Waals surface area (Å²) in [6.45, 7) is 4.53. The van der Waals surface area contributed by atoms with Crippen LogP contribution in [0.4, 0.5) is 5.69 Å². The number of methoxy groups -OCH3 is 1. The van der Waals surface area contributed by atoms with Crippen molar-refractivity contribution in [3.63, 3.8) is 0 Å². The number of benzene rings is 2. The van der Waals surface area contributed by atoms with Gasteiger partial charge in [-0.1, -0.05) is 43.6 Å². The number of anilines is 1. The molecule has 150 valence electrons. The van der Waals surface area contributed by atoms with Crippen molar-refractivity contribution in [1.29, 1.82) is 0 Å². The van der Waals surface area contributed by atoms with Crippen molar-refractivity contribution >= 4 is 29.1 Å². The SMILES string of the molecule is COc1cc(C(=O)NCC(=O)Nc2ccccc2)cc(Cl)c1OCCC(C)C. The van der Waals surface area contributed by atoms with Crippen LogP contribution in [0.5, 0.6) is 11.5 Å². The van der Waals surface area contributed by atoms with Gasteiger partial charge in [0.25, 0.3) is 5.91 Å². The lowest BCUT2D eigenvalue weighted by molar-refractivity contribution is -0.115. The van der Waals surface area contributed by atoms with Crippen molar-refractivity contribution in [2.24, 2.45) is 5.92 Å². The number of hydrogen-bond acceptors (Lipinski definition) is 4. The summed E-state index contributed by atoms with van der Waals surface area (Å²) in [4.78, 5) is 24.4. The maximum atomic E-state index is 12.4. The Bertz CT molecular complexity index is 810. The van der Waals surface area contributed by atoms with Gasteiger partial charge in [0.15, 0.2) is 11.5 Å². The quantitative estimate of drug-likeness (QED) is 0.658. The third-order valence-corrected chi connectivity index (χ3v) is 4.18. The van der Waals surface area contributed by atoms with E-state index in [9.17, 15) is 9.59 Å². The van der Waals surface area contributed by atoms with E-state index in [1.165, 1.54) is 13.2 Å². The third kappa shape index (κ3) is 6.46. The minimum Gasteiger partial charge on any atom is -0.493 e. The van der Waals surface area contributed by atoms with Gasteiger partial charge >= 0.3 is 0 Å². The predicted octanol–water partition coefficient (Wildman–Crippen LogP) is 4.14. The summed E-state index contributed by atoms with van der Waals surface area (Å²) < 4.78 is 11.0. The second kappa shape index (κ2) is 10.6. The van der Waals surface area contributed by atoms with Gasteiger partial charge in [-0.25, -0.2) is 0 Å². The highest BCUT2D eigenvalue weighted by Crippen LogP contribution is 2.36. The molecule has 0 heterocycles. The van der Waals surface area contributed by atoms with Crippen molar-refractivity contribution in [2.75, 3.05) is 25.6 Å². The number of halogens is 1. The van der Waals surface area contributed by atoms with Crippen LogP contribution in [0.25, 0.3) is 0 Å². The molecule has 0 radical (unpaired) electrons. The normalized spacial score (nSPS) is 10.5. The summed E-state index contributed by atoms with van der Waals surface area (Å²) >= 11 is 6.28. The van der Waals surface area contributed by atoms with E-state index < -0.39 is 5.91 Å². The van der Waals surface area contributed by atoms with Crippen LogP contribution < -0.4 is 20.1 Å². The number of amides is 2. The molecule has 0 saturated heterocycles. The first-order chi connectivity index (χ1) is 13.4. The molecule has 0 aliphatic carbocycles. The monoisotopic (exact) mass is 404 g/mol. The fourth-order valence-corrected chi connectivity index (χ4v) is 2.64. The smallest absolute Gasteiger partial charge is 0.251 e. The first-order valence-corrected chi connectivity index (χ1v) is 9.42. The van der Waals surface area contributed by atoms with Gasteiger partial charge < -0.3 is 20.1 Å². The number of hydrogen-bond donors (Lipinski definition) is 2. The molecule has 0 bridgehead atoms. The second-order valence-electron chi connectivity index (χ2n) is 6.62. The van der Waals surface area contributed by atoms with Gasteiger partial charge in [-0.3, -0.25) is 9.59 Å². The standard InChI is InChI=1S/C21H25ClN2O4/c1-14(2)9-10-28-20-17(22)11-15(12-18(20)27-3)21(26)23-13-19(25)24-16-7-5-4-6-8-16/h4-8,11-12,14H,9-10,13H2,1-3H3,(H,23,26)(H,24,25). The summed E-state index contributed by atoms with van der Waals surface area (Å²) in [6.07, 6.45) is 0.873. The molecule has 2 aromatic rings. The van der Waals surface area contributed by atoms with Crippen molar-refractivity contribution < 1.29 is 19.1 Å². The molecule has 6 nitrogen and oxygen atoms in total. The molecule has 0 aliphatic rings. The average Bonchev–Trinajstić information content (AvgIpc) is 2.67. The molecule has 2 rings (SSSR count). The molecule has 0 aliphatic heterocycles. The second-order valence-corrected chi connectivity index (χ2v) is 7.02. The van der Waals surface area contributed by atoms with Crippen LogP contribution in [0.3, 0.4) is 0 Å². The Balaban J connectivity index is 1.98. The Kier molecular flexibility index (Phi) is 8.14. The summed E-state index contributed by atoms with van der Waals surface area (Å²) in [7, 11) is 1.48. The van der Waals surface area contributed by atoms with Gasteiger partial charge in [0, 0.05) is 11.3 Å². The molecule has 28 heavy (non-hydrogen) atoms. The molecule has 2 amide bonds. The highest BCUT2D eigenvalue weighted by atomic mass is 35.5. The van der Waals surface area contributed by atoms with Crippen LogP contribution in [0.2, 0.25) is 5.02 Å². The first kappa shape index (κ1) is 21.6. The minimum atomic E-state index is -0.433. The Hall–Kier alpha value is -2.73. The van der Waals surface area contributed by atoms with E-state index in [1.807, 2.05) is 18.2 Å². The van der Waals surface area contributed by atoms with Gasteiger partial charge in [-0.2, -0.15) is 0 Å². The number of ether oxygens (including phenoxy) is 2. The molecule has 2 aromatic carbocycles. The van der Waals surface area contributed by atoms with Gasteiger partial charge in [-0.15, -0.1) is 0 Å². The van der Waals surface area contributed by atoms with Crippen LogP contribution in [-0.4, -0.2) is 32.1 Å². The van der Waals surface area contributed by atoms with Crippen molar-refractivity contribution in [3.8, 4) is 11.5 Å². The van der Waals surface area contributed by atoms with E-state index in [-0.39, 0.29) is 23.0 Å². The molecule has 0 unspecified atom stereocenters. The lowest BCUT2D eigenvalue weighted by Crippen LogP contribution is -2.32. The van der Waals surface area contributed by atoms with E-state index >= 15 is 0 Å². The zero-order valence-electron chi connectivity index (χ0n) is 16.3. The fourth-order valence-electron chi connectivity index (χ4n) is 2.38. The van der Waals surface area contributed by atoms with Crippen LogP contribution >= 0.6 is 11.6 Å². The number of carbonyl (C=O) groups excluding carboxylic acids is 2. The Labute approximate surface area is 170 Å². The molecule has 2 N–H and O–H groups in total.